The van der Waals surface area contributed by atoms with Crippen LogP contribution in [0, 0.1) is 11.8 Å². The minimum absolute atomic E-state index is 0.0586. The number of amides is 1. The number of pyridine rings is 1. The van der Waals surface area contributed by atoms with E-state index in [1.165, 1.54) is 5.56 Å². The molecule has 304 valence electrons. The highest BCUT2D eigenvalue weighted by molar-refractivity contribution is 7.47. The van der Waals surface area contributed by atoms with Crippen LogP contribution in [0.15, 0.2) is 54.7 Å². The van der Waals surface area contributed by atoms with Gasteiger partial charge in [0.2, 0.25) is 0 Å². The number of carboxylic acids is 1. The molecule has 3 aliphatic rings. The van der Waals surface area contributed by atoms with Crippen molar-refractivity contribution in [1.82, 2.24) is 10.3 Å². The van der Waals surface area contributed by atoms with Crippen LogP contribution in [0.25, 0.3) is 0 Å². The second-order valence-corrected chi connectivity index (χ2v) is 18.6. The number of anilines is 1. The average molecular weight is 812 g/mol. The van der Waals surface area contributed by atoms with Crippen molar-refractivity contribution >= 4 is 37.2 Å². The predicted molar refractivity (Wildman–Crippen MR) is 215 cm³/mol. The Morgan fingerprint density at radius 2 is 1.88 bits per heavy atom. The first-order chi connectivity index (χ1) is 26.5. The van der Waals surface area contributed by atoms with Crippen LogP contribution in [0.1, 0.15) is 108 Å². The van der Waals surface area contributed by atoms with Gasteiger partial charge in [0, 0.05) is 34.7 Å². The fourth-order valence-corrected chi connectivity index (χ4v) is 9.87. The van der Waals surface area contributed by atoms with Crippen molar-refractivity contribution < 1.29 is 42.7 Å². The van der Waals surface area contributed by atoms with Crippen molar-refractivity contribution in [1.29, 1.82) is 0 Å². The number of hydrogen-bond acceptors (Lipinski definition) is 9. The Bertz CT molecular complexity index is 1940. The van der Waals surface area contributed by atoms with Gasteiger partial charge in [-0.05, 0) is 149 Å². The number of carbonyl (C=O) groups is 2. The van der Waals surface area contributed by atoms with Gasteiger partial charge in [0.15, 0.2) is 0 Å². The molecule has 4 N–H and O–H groups in total. The summed E-state index contributed by atoms with van der Waals surface area (Å²) in [6.07, 6.45) is 7.84. The number of nitrogens with one attached hydrogen (secondary N) is 2. The molecule has 1 amide bonds. The van der Waals surface area contributed by atoms with Crippen LogP contribution in [0.4, 0.5) is 10.5 Å². The zero-order chi connectivity index (χ0) is 40.3. The molecule has 1 aromatic heterocycles. The Balaban J connectivity index is 1.20. The van der Waals surface area contributed by atoms with Crippen molar-refractivity contribution in [3.05, 3.63) is 82.1 Å². The Hall–Kier alpha value is -3.83. The van der Waals surface area contributed by atoms with Crippen molar-refractivity contribution in [2.45, 2.75) is 115 Å². The van der Waals surface area contributed by atoms with E-state index in [1.54, 1.807) is 45.0 Å². The SMILES string of the molecule is C[C@@H](COc1ccnc2c1[C@H](C)CCC2)CC1Cc2ccc(OP(=O)(O)OCCNC(=O)OC(C)(C)C)cc2C12CCC(Nc1cccc(Cl)c1)(C(=O)O)CC2. The third-order valence-corrected chi connectivity index (χ3v) is 12.7. The summed E-state index contributed by atoms with van der Waals surface area (Å²) in [4.78, 5) is 40.2. The molecule has 0 bridgehead atoms. The number of carbonyl (C=O) groups excluding carboxylic acids is 1. The van der Waals surface area contributed by atoms with Crippen molar-refractivity contribution in [3.8, 4) is 11.5 Å². The highest BCUT2D eigenvalue weighted by atomic mass is 35.5. The van der Waals surface area contributed by atoms with Crippen LogP contribution in [0.3, 0.4) is 0 Å². The molecule has 56 heavy (non-hydrogen) atoms. The van der Waals surface area contributed by atoms with E-state index in [2.05, 4.69) is 29.5 Å². The van der Waals surface area contributed by atoms with Gasteiger partial charge < -0.3 is 29.7 Å². The van der Waals surface area contributed by atoms with Crippen LogP contribution in [-0.2, 0) is 36.9 Å². The quantitative estimate of drug-likeness (QED) is 0.0906. The number of aryl methyl sites for hydroxylation is 1. The topological polar surface area (TPSA) is 166 Å². The maximum atomic E-state index is 13.1. The number of alkyl carbamates (subject to hydrolysis) is 1. The largest absolute Gasteiger partial charge is 0.527 e. The number of rotatable bonds is 14. The molecular formula is C42H55ClN3O9P. The lowest BCUT2D eigenvalue weighted by atomic mass is 9.59. The Kier molecular flexibility index (Phi) is 12.7. The molecule has 1 fully saturated rings. The van der Waals surface area contributed by atoms with E-state index in [-0.39, 0.29) is 30.7 Å². The van der Waals surface area contributed by atoms with Crippen LogP contribution < -0.4 is 19.9 Å². The highest BCUT2D eigenvalue weighted by Gasteiger charge is 2.54. The Labute approximate surface area is 334 Å². The molecule has 1 heterocycles. The number of fused-ring (bicyclic) bond motifs is 3. The minimum atomic E-state index is -4.57. The van der Waals surface area contributed by atoms with Gasteiger partial charge in [-0.25, -0.2) is 14.2 Å². The number of benzene rings is 2. The first-order valence-electron chi connectivity index (χ1n) is 19.6. The normalized spacial score (nSPS) is 24.6. The molecular weight excluding hydrogens is 757 g/mol. The van der Waals surface area contributed by atoms with Gasteiger partial charge in [0.1, 0.15) is 22.6 Å². The second kappa shape index (κ2) is 16.9. The fourth-order valence-electron chi connectivity index (χ4n) is 8.92. The predicted octanol–water partition coefficient (Wildman–Crippen LogP) is 9.22. The van der Waals surface area contributed by atoms with Gasteiger partial charge >= 0.3 is 19.9 Å². The molecule has 14 heteroatoms. The lowest BCUT2D eigenvalue weighted by Gasteiger charge is -2.47. The maximum Gasteiger partial charge on any atom is 0.527 e. The summed E-state index contributed by atoms with van der Waals surface area (Å²) < 4.78 is 35.5. The third-order valence-electron chi connectivity index (χ3n) is 11.5. The molecule has 6 rings (SSSR count). The molecule has 3 aromatic rings. The fraction of sp³-hybridized carbons (Fsp3) is 0.548. The summed E-state index contributed by atoms with van der Waals surface area (Å²) in [5.74, 6) is 0.900. The van der Waals surface area contributed by atoms with Crippen molar-refractivity contribution in [2.24, 2.45) is 11.8 Å². The minimum Gasteiger partial charge on any atom is -0.493 e. The molecule has 12 nitrogen and oxygen atoms in total. The van der Waals surface area contributed by atoms with Gasteiger partial charge in [0.05, 0.1) is 13.2 Å². The molecule has 1 saturated carbocycles. The summed E-state index contributed by atoms with van der Waals surface area (Å²) in [5.41, 5.74) is 2.79. The Morgan fingerprint density at radius 1 is 1.11 bits per heavy atom. The second-order valence-electron chi connectivity index (χ2n) is 16.8. The van der Waals surface area contributed by atoms with Crippen LogP contribution >= 0.6 is 19.4 Å². The molecule has 1 spiro atoms. The summed E-state index contributed by atoms with van der Waals surface area (Å²) in [7, 11) is -4.57. The van der Waals surface area contributed by atoms with E-state index >= 15 is 0 Å². The van der Waals surface area contributed by atoms with E-state index in [1.807, 2.05) is 30.5 Å². The number of aliphatic carboxylic acids is 1. The van der Waals surface area contributed by atoms with Crippen LogP contribution in [0.5, 0.6) is 11.5 Å². The van der Waals surface area contributed by atoms with E-state index < -0.39 is 36.4 Å². The molecule has 2 unspecified atom stereocenters. The van der Waals surface area contributed by atoms with E-state index in [0.717, 1.165) is 54.7 Å². The zero-order valence-electron chi connectivity index (χ0n) is 32.9. The van der Waals surface area contributed by atoms with Gasteiger partial charge in [-0.3, -0.25) is 14.4 Å². The molecule has 4 atom stereocenters. The van der Waals surface area contributed by atoms with E-state index in [0.29, 0.717) is 48.9 Å². The number of ether oxygens (including phenoxy) is 2. The molecule has 3 aliphatic carbocycles. The van der Waals surface area contributed by atoms with Crippen molar-refractivity contribution in [2.75, 3.05) is 25.1 Å². The zero-order valence-corrected chi connectivity index (χ0v) is 34.6. The summed E-state index contributed by atoms with van der Waals surface area (Å²) in [6, 6.07) is 14.5. The van der Waals surface area contributed by atoms with Gasteiger partial charge in [0.25, 0.3) is 0 Å². The molecule has 0 radical (unpaired) electrons. The highest BCUT2D eigenvalue weighted by Crippen LogP contribution is 2.57. The van der Waals surface area contributed by atoms with Crippen molar-refractivity contribution in [3.63, 3.8) is 0 Å². The summed E-state index contributed by atoms with van der Waals surface area (Å²) in [5, 5.41) is 17.0. The Morgan fingerprint density at radius 3 is 2.59 bits per heavy atom. The first-order valence-corrected chi connectivity index (χ1v) is 21.5. The van der Waals surface area contributed by atoms with Gasteiger partial charge in [-0.15, -0.1) is 0 Å². The number of nitrogens with zero attached hydrogens (tertiary/aromatic N) is 1. The number of phosphoric ester groups is 1. The molecule has 2 aromatic carbocycles. The lowest BCUT2D eigenvalue weighted by Crippen LogP contribution is -2.53. The molecule has 0 saturated heterocycles. The standard InChI is InChI=1S/C42H55ClN3O9P/c1-27(26-52-36-14-19-44-35-11-6-8-28(2)37(35)36)22-30-23-29-12-13-33(55-56(50,51)53-21-20-45-39(49)54-40(3,4)5)25-34(29)41(30)15-17-42(18-16-41,38(47)48)46-32-10-7-9-31(43)24-32/h7,9-10,12-14,19,24-25,27-28,30,46H,6,8,11,15-18,20-23,26H2,1-5H3,(H,45,49)(H,47,48)(H,50,51)/t27-,28-,30?,41?,42?/m1/s1. The van der Waals surface area contributed by atoms with Crippen LogP contribution in [0.2, 0.25) is 5.02 Å². The van der Waals surface area contributed by atoms with E-state index in [4.69, 9.17) is 30.1 Å². The monoisotopic (exact) mass is 811 g/mol. The smallest absolute Gasteiger partial charge is 0.493 e. The number of carboxylic acid groups (broad SMARTS) is 1. The van der Waals surface area contributed by atoms with Gasteiger partial charge in [-0.1, -0.05) is 37.6 Å². The number of hydrogen-bond donors (Lipinski definition) is 4. The summed E-state index contributed by atoms with van der Waals surface area (Å²) >= 11 is 6.26. The molecule has 0 aliphatic heterocycles. The average Bonchev–Trinajstić information content (AvgIpc) is 3.40. The van der Waals surface area contributed by atoms with Gasteiger partial charge in [-0.2, -0.15) is 0 Å². The maximum absolute atomic E-state index is 13.1. The lowest BCUT2D eigenvalue weighted by molar-refractivity contribution is -0.144. The summed E-state index contributed by atoms with van der Waals surface area (Å²) in [6.45, 7) is 9.84. The number of aromatic nitrogens is 1. The van der Waals surface area contributed by atoms with Crippen LogP contribution in [-0.4, -0.2) is 57.9 Å². The first kappa shape index (κ1) is 41.8. The number of phosphoric acid groups is 1. The number of halogens is 1. The third kappa shape index (κ3) is 9.81. The van der Waals surface area contributed by atoms with E-state index in [9.17, 15) is 24.2 Å².